The Morgan fingerprint density at radius 2 is 1.46 bits per heavy atom. The topological polar surface area (TPSA) is 43.6 Å². The van der Waals surface area contributed by atoms with Crippen molar-refractivity contribution in [3.8, 4) is 17.1 Å². The minimum absolute atomic E-state index is 0.796. The number of rotatable bonds is 2. The molecule has 0 aliphatic rings. The van der Waals surface area contributed by atoms with Gasteiger partial charge in [0.2, 0.25) is 0 Å². The van der Waals surface area contributed by atoms with Crippen LogP contribution in [0, 0.1) is 6.92 Å². The van der Waals surface area contributed by atoms with Gasteiger partial charge in [0.1, 0.15) is 12.0 Å². The first-order chi connectivity index (χ1) is 12.8. The molecule has 0 amide bonds. The van der Waals surface area contributed by atoms with Gasteiger partial charge in [-0.1, -0.05) is 66.2 Å². The molecule has 5 rings (SSSR count). The maximum atomic E-state index is 4.57. The molecule has 0 spiro atoms. The Balaban J connectivity index is 1.79. The van der Waals surface area contributed by atoms with E-state index in [1.165, 1.54) is 5.56 Å². The van der Waals surface area contributed by atoms with Crippen molar-refractivity contribution < 1.29 is 0 Å². The molecule has 0 N–H and O–H groups in total. The second kappa shape index (κ2) is 5.77. The summed E-state index contributed by atoms with van der Waals surface area (Å²) in [6, 6.07) is 24.7. The highest BCUT2D eigenvalue weighted by Gasteiger charge is 2.13. The summed E-state index contributed by atoms with van der Waals surface area (Å²) in [5, 5.41) is 11.3. The minimum Gasteiger partial charge on any atom is -0.281 e. The molecule has 0 aliphatic heterocycles. The molecule has 0 unspecified atom stereocenters. The molecule has 124 valence electrons. The van der Waals surface area contributed by atoms with Crippen molar-refractivity contribution in [1.29, 1.82) is 0 Å². The average Bonchev–Trinajstić information content (AvgIpc) is 3.12. The summed E-state index contributed by atoms with van der Waals surface area (Å²) in [6.45, 7) is 2.08. The molecule has 4 heteroatoms. The van der Waals surface area contributed by atoms with Gasteiger partial charge in [-0.05, 0) is 19.1 Å². The summed E-state index contributed by atoms with van der Waals surface area (Å²) in [6.07, 6.45) is 1.81. The van der Waals surface area contributed by atoms with E-state index in [0.29, 0.717) is 0 Å². The fourth-order valence-electron chi connectivity index (χ4n) is 3.32. The van der Waals surface area contributed by atoms with Crippen molar-refractivity contribution in [3.05, 3.63) is 84.7 Å². The number of aryl methyl sites for hydroxylation is 1. The third-order valence-electron chi connectivity index (χ3n) is 4.67. The fourth-order valence-corrected chi connectivity index (χ4v) is 3.32. The van der Waals surface area contributed by atoms with Crippen molar-refractivity contribution >= 4 is 21.8 Å². The summed E-state index contributed by atoms with van der Waals surface area (Å²) in [5.41, 5.74) is 5.17. The molecule has 0 saturated carbocycles. The first-order valence-corrected chi connectivity index (χ1v) is 8.56. The molecule has 26 heavy (non-hydrogen) atoms. The van der Waals surface area contributed by atoms with Crippen molar-refractivity contribution in [2.24, 2.45) is 0 Å². The van der Waals surface area contributed by atoms with Crippen LogP contribution in [0.5, 0.6) is 0 Å². The number of hydrogen-bond donors (Lipinski definition) is 0. The van der Waals surface area contributed by atoms with Crippen LogP contribution in [-0.2, 0) is 0 Å². The fraction of sp³-hybridized carbons (Fsp3) is 0.0455. The highest BCUT2D eigenvalue weighted by molar-refractivity contribution is 5.98. The molecule has 2 aromatic heterocycles. The van der Waals surface area contributed by atoms with Crippen LogP contribution in [0.3, 0.4) is 0 Å². The predicted octanol–water partition coefficient (Wildman–Crippen LogP) is 4.94. The van der Waals surface area contributed by atoms with Crippen LogP contribution in [-0.4, -0.2) is 19.7 Å². The van der Waals surface area contributed by atoms with E-state index >= 15 is 0 Å². The van der Waals surface area contributed by atoms with E-state index in [1.807, 2.05) is 47.3 Å². The zero-order valence-corrected chi connectivity index (χ0v) is 14.3. The number of fused-ring (bicyclic) bond motifs is 2. The van der Waals surface area contributed by atoms with Crippen LogP contribution in [0.25, 0.3) is 38.9 Å². The van der Waals surface area contributed by atoms with Gasteiger partial charge in [-0.15, -0.1) is 10.2 Å². The molecule has 0 bridgehead atoms. The molecule has 0 aliphatic carbocycles. The molecule has 4 nitrogen and oxygen atoms in total. The van der Waals surface area contributed by atoms with Crippen LogP contribution in [0.4, 0.5) is 0 Å². The quantitative estimate of drug-likeness (QED) is 0.458. The zero-order valence-electron chi connectivity index (χ0n) is 14.3. The molecule has 5 aromatic rings. The summed E-state index contributed by atoms with van der Waals surface area (Å²) in [5.74, 6) is 0.796. The highest BCUT2D eigenvalue weighted by Crippen LogP contribution is 2.30. The van der Waals surface area contributed by atoms with E-state index in [9.17, 15) is 0 Å². The van der Waals surface area contributed by atoms with Crippen LogP contribution in [0.15, 0.2) is 79.1 Å². The van der Waals surface area contributed by atoms with Gasteiger partial charge in [-0.3, -0.25) is 4.57 Å². The summed E-state index contributed by atoms with van der Waals surface area (Å²) < 4.78 is 2.00. The Labute approximate surface area is 150 Å². The molecule has 0 atom stereocenters. The Morgan fingerprint density at radius 1 is 0.731 bits per heavy atom. The van der Waals surface area contributed by atoms with Crippen molar-refractivity contribution in [1.82, 2.24) is 19.7 Å². The Morgan fingerprint density at radius 3 is 2.31 bits per heavy atom. The van der Waals surface area contributed by atoms with Gasteiger partial charge in [0.15, 0.2) is 5.82 Å². The van der Waals surface area contributed by atoms with Crippen LogP contribution >= 0.6 is 0 Å². The number of benzene rings is 3. The van der Waals surface area contributed by atoms with Gasteiger partial charge in [0, 0.05) is 16.3 Å². The Kier molecular flexibility index (Phi) is 3.28. The van der Waals surface area contributed by atoms with Crippen molar-refractivity contribution in [2.45, 2.75) is 6.92 Å². The lowest BCUT2D eigenvalue weighted by Gasteiger charge is -2.10. The summed E-state index contributed by atoms with van der Waals surface area (Å²) in [7, 11) is 0. The standard InChI is InChI=1S/C22H16N4/c1-15-10-12-16(13-11-15)21-17-6-2-3-7-18(17)22(25-24-21)26-14-23-19-8-4-5-9-20(19)26/h2-14H,1H3. The molecule has 2 heterocycles. The first kappa shape index (κ1) is 14.8. The summed E-state index contributed by atoms with van der Waals surface area (Å²) in [4.78, 5) is 4.49. The Bertz CT molecular complexity index is 1240. The Hall–Kier alpha value is -3.53. The number of para-hydroxylation sites is 2. The molecule has 0 saturated heterocycles. The number of hydrogen-bond acceptors (Lipinski definition) is 3. The lowest BCUT2D eigenvalue weighted by Crippen LogP contribution is -2.01. The number of aromatic nitrogens is 4. The number of nitrogens with zero attached hydrogens (tertiary/aromatic N) is 4. The van der Waals surface area contributed by atoms with Gasteiger partial charge in [-0.25, -0.2) is 4.98 Å². The molecular weight excluding hydrogens is 320 g/mol. The van der Waals surface area contributed by atoms with Gasteiger partial charge in [-0.2, -0.15) is 0 Å². The smallest absolute Gasteiger partial charge is 0.169 e. The SMILES string of the molecule is Cc1ccc(-c2nnc(-n3cnc4ccccc43)c3ccccc23)cc1. The maximum absolute atomic E-state index is 4.57. The van der Waals surface area contributed by atoms with Crippen LogP contribution < -0.4 is 0 Å². The third kappa shape index (κ3) is 2.27. The minimum atomic E-state index is 0.796. The zero-order chi connectivity index (χ0) is 17.5. The third-order valence-corrected chi connectivity index (χ3v) is 4.67. The van der Waals surface area contributed by atoms with Gasteiger partial charge < -0.3 is 0 Å². The van der Waals surface area contributed by atoms with E-state index in [2.05, 4.69) is 58.5 Å². The van der Waals surface area contributed by atoms with E-state index in [0.717, 1.165) is 38.9 Å². The predicted molar refractivity (Wildman–Crippen MR) is 104 cm³/mol. The van der Waals surface area contributed by atoms with E-state index < -0.39 is 0 Å². The van der Waals surface area contributed by atoms with Gasteiger partial charge in [0.25, 0.3) is 0 Å². The van der Waals surface area contributed by atoms with Gasteiger partial charge >= 0.3 is 0 Å². The second-order valence-electron chi connectivity index (χ2n) is 6.39. The van der Waals surface area contributed by atoms with Crippen LogP contribution in [0.2, 0.25) is 0 Å². The molecule has 0 fully saturated rings. The number of imidazole rings is 1. The van der Waals surface area contributed by atoms with Crippen LogP contribution in [0.1, 0.15) is 5.56 Å². The van der Waals surface area contributed by atoms with Crippen molar-refractivity contribution in [2.75, 3.05) is 0 Å². The highest BCUT2D eigenvalue weighted by atomic mass is 15.2. The van der Waals surface area contributed by atoms with Crippen molar-refractivity contribution in [3.63, 3.8) is 0 Å². The second-order valence-corrected chi connectivity index (χ2v) is 6.39. The lowest BCUT2D eigenvalue weighted by atomic mass is 10.0. The summed E-state index contributed by atoms with van der Waals surface area (Å²) >= 11 is 0. The molecule has 0 radical (unpaired) electrons. The largest absolute Gasteiger partial charge is 0.281 e. The monoisotopic (exact) mass is 336 g/mol. The van der Waals surface area contributed by atoms with E-state index in [4.69, 9.17) is 0 Å². The lowest BCUT2D eigenvalue weighted by molar-refractivity contribution is 0.950. The van der Waals surface area contributed by atoms with Gasteiger partial charge in [0.05, 0.1) is 11.0 Å². The average molecular weight is 336 g/mol. The molecule has 3 aromatic carbocycles. The van der Waals surface area contributed by atoms with E-state index in [1.54, 1.807) is 0 Å². The van der Waals surface area contributed by atoms with E-state index in [-0.39, 0.29) is 0 Å². The first-order valence-electron chi connectivity index (χ1n) is 8.56. The molecular formula is C22H16N4. The maximum Gasteiger partial charge on any atom is 0.169 e. The normalized spacial score (nSPS) is 11.3.